The molecule has 1 aromatic carbocycles. The monoisotopic (exact) mass is 314 g/mol. The van der Waals surface area contributed by atoms with Crippen molar-refractivity contribution < 1.29 is 35.1 Å². The Morgan fingerprint density at radius 3 is 2.45 bits per heavy atom. The first-order chi connectivity index (χ1) is 10.5. The Morgan fingerprint density at radius 2 is 1.82 bits per heavy atom. The summed E-state index contributed by atoms with van der Waals surface area (Å²) in [6, 6.07) is 5.84. The molecule has 1 saturated heterocycles. The van der Waals surface area contributed by atoms with E-state index in [1.807, 2.05) is 0 Å². The number of para-hydroxylation sites is 1. The van der Waals surface area contributed by atoms with Gasteiger partial charge in [0, 0.05) is 0 Å². The number of phenols is 1. The number of ether oxygens (including phenoxy) is 1. The molecule has 1 aliphatic heterocycles. The Bertz CT molecular complexity index is 525. The summed E-state index contributed by atoms with van der Waals surface area (Å²) in [5.74, 6) is -0.911. The van der Waals surface area contributed by atoms with Gasteiger partial charge >= 0.3 is 0 Å². The molecule has 1 heterocycles. The molecule has 0 spiro atoms. The minimum absolute atomic E-state index is 0.000379. The van der Waals surface area contributed by atoms with Crippen LogP contribution in [0.15, 0.2) is 24.3 Å². The lowest BCUT2D eigenvalue weighted by Gasteiger charge is -2.40. The predicted molar refractivity (Wildman–Crippen MR) is 72.5 cm³/mol. The van der Waals surface area contributed by atoms with Crippen molar-refractivity contribution in [3.05, 3.63) is 29.8 Å². The molecule has 1 fully saturated rings. The van der Waals surface area contributed by atoms with Crippen molar-refractivity contribution in [2.45, 2.75) is 30.6 Å². The topological polar surface area (TPSA) is 152 Å². The standard InChI is InChI=1S/C13H18N2O7/c16-5-8-9(18)10(19)11(20)13(22-8)15-14-12(21)6-3-1-2-4-7(6)17/h1-4,8-11,13,15-20H,5H2,(H,14,21)/t8-,9+,10+,11+,13-/m1/s1. The summed E-state index contributed by atoms with van der Waals surface area (Å²) in [7, 11) is 0. The van der Waals surface area contributed by atoms with Crippen LogP contribution in [0.5, 0.6) is 5.75 Å². The molecule has 2 rings (SSSR count). The van der Waals surface area contributed by atoms with Crippen LogP contribution in [0.2, 0.25) is 0 Å². The molecule has 1 amide bonds. The van der Waals surface area contributed by atoms with E-state index in [1.165, 1.54) is 12.1 Å². The van der Waals surface area contributed by atoms with Crippen molar-refractivity contribution in [2.24, 2.45) is 0 Å². The van der Waals surface area contributed by atoms with E-state index in [-0.39, 0.29) is 11.3 Å². The maximum absolute atomic E-state index is 11.9. The number of hydrazine groups is 1. The molecule has 0 aromatic heterocycles. The fourth-order valence-corrected chi connectivity index (χ4v) is 2.09. The van der Waals surface area contributed by atoms with E-state index in [4.69, 9.17) is 9.84 Å². The van der Waals surface area contributed by atoms with Gasteiger partial charge in [-0.25, -0.2) is 5.43 Å². The maximum atomic E-state index is 11.9. The number of hydrogen-bond donors (Lipinski definition) is 7. The second-order valence-electron chi connectivity index (χ2n) is 4.87. The van der Waals surface area contributed by atoms with Crippen molar-refractivity contribution in [3.63, 3.8) is 0 Å². The molecule has 7 N–H and O–H groups in total. The highest BCUT2D eigenvalue weighted by molar-refractivity contribution is 5.96. The van der Waals surface area contributed by atoms with E-state index in [0.29, 0.717) is 0 Å². The molecule has 1 aromatic rings. The van der Waals surface area contributed by atoms with Crippen molar-refractivity contribution in [1.82, 2.24) is 10.9 Å². The second kappa shape index (κ2) is 7.01. The lowest BCUT2D eigenvalue weighted by molar-refractivity contribution is -0.238. The molecule has 22 heavy (non-hydrogen) atoms. The van der Waals surface area contributed by atoms with Crippen LogP contribution in [-0.2, 0) is 4.74 Å². The largest absolute Gasteiger partial charge is 0.507 e. The maximum Gasteiger partial charge on any atom is 0.269 e. The summed E-state index contributed by atoms with van der Waals surface area (Å²) in [5, 5.41) is 47.6. The van der Waals surface area contributed by atoms with E-state index in [2.05, 4.69) is 10.9 Å². The van der Waals surface area contributed by atoms with Gasteiger partial charge in [-0.15, -0.1) is 0 Å². The summed E-state index contributed by atoms with van der Waals surface area (Å²) < 4.78 is 5.15. The Kier molecular flexibility index (Phi) is 5.29. The number of carbonyl (C=O) groups is 1. The summed E-state index contributed by atoms with van der Waals surface area (Å²) in [6.07, 6.45) is -6.89. The molecule has 0 bridgehead atoms. The molecule has 5 atom stereocenters. The fourth-order valence-electron chi connectivity index (χ4n) is 2.09. The number of rotatable bonds is 4. The van der Waals surface area contributed by atoms with Gasteiger partial charge in [0.05, 0.1) is 12.2 Å². The van der Waals surface area contributed by atoms with E-state index in [0.717, 1.165) is 0 Å². The van der Waals surface area contributed by atoms with Crippen LogP contribution in [0.3, 0.4) is 0 Å². The number of hydrogen-bond acceptors (Lipinski definition) is 8. The van der Waals surface area contributed by atoms with Gasteiger partial charge in [0.1, 0.15) is 30.2 Å². The molecule has 0 aliphatic carbocycles. The van der Waals surface area contributed by atoms with Crippen molar-refractivity contribution in [3.8, 4) is 5.75 Å². The molecule has 9 nitrogen and oxygen atoms in total. The highest BCUT2D eigenvalue weighted by Gasteiger charge is 2.43. The molecule has 0 radical (unpaired) electrons. The average Bonchev–Trinajstić information content (AvgIpc) is 2.52. The zero-order chi connectivity index (χ0) is 16.3. The quantitative estimate of drug-likeness (QED) is 0.299. The third-order valence-corrected chi connectivity index (χ3v) is 3.37. The average molecular weight is 314 g/mol. The van der Waals surface area contributed by atoms with Crippen LogP contribution in [0.4, 0.5) is 0 Å². The fraction of sp³-hybridized carbons (Fsp3) is 0.462. The Balaban J connectivity index is 1.98. The van der Waals surface area contributed by atoms with Crippen LogP contribution >= 0.6 is 0 Å². The smallest absolute Gasteiger partial charge is 0.269 e. The normalized spacial score (nSPS) is 31.7. The molecule has 9 heteroatoms. The molecular formula is C13H18N2O7. The van der Waals surface area contributed by atoms with Gasteiger partial charge in [0.25, 0.3) is 5.91 Å². The van der Waals surface area contributed by atoms with E-state index in [1.54, 1.807) is 12.1 Å². The number of aromatic hydroxyl groups is 1. The van der Waals surface area contributed by atoms with Crippen LogP contribution in [-0.4, -0.2) is 68.7 Å². The lowest BCUT2D eigenvalue weighted by Crippen LogP contribution is -2.64. The predicted octanol–water partition coefficient (Wildman–Crippen LogP) is -2.57. The third-order valence-electron chi connectivity index (χ3n) is 3.37. The van der Waals surface area contributed by atoms with Gasteiger partial charge in [-0.05, 0) is 12.1 Å². The van der Waals surface area contributed by atoms with Crippen LogP contribution in [0, 0.1) is 0 Å². The highest BCUT2D eigenvalue weighted by Crippen LogP contribution is 2.19. The second-order valence-corrected chi connectivity index (χ2v) is 4.87. The van der Waals surface area contributed by atoms with Crippen LogP contribution in [0.25, 0.3) is 0 Å². The van der Waals surface area contributed by atoms with Gasteiger partial charge in [-0.1, -0.05) is 12.1 Å². The van der Waals surface area contributed by atoms with E-state index < -0.39 is 43.2 Å². The third kappa shape index (κ3) is 3.35. The van der Waals surface area contributed by atoms with E-state index >= 15 is 0 Å². The SMILES string of the molecule is O=C(NN[C@@H]1O[C@H](CO)[C@H](O)[C@H](O)[C@@H]1O)c1ccccc1O. The first-order valence-corrected chi connectivity index (χ1v) is 6.60. The lowest BCUT2D eigenvalue weighted by atomic mass is 9.99. The summed E-state index contributed by atoms with van der Waals surface area (Å²) >= 11 is 0. The minimum atomic E-state index is -1.55. The minimum Gasteiger partial charge on any atom is -0.507 e. The molecule has 0 unspecified atom stereocenters. The van der Waals surface area contributed by atoms with Crippen molar-refractivity contribution in [2.75, 3.05) is 6.61 Å². The zero-order valence-corrected chi connectivity index (χ0v) is 11.5. The van der Waals surface area contributed by atoms with Gasteiger partial charge < -0.3 is 30.3 Å². The van der Waals surface area contributed by atoms with Gasteiger partial charge in [0.15, 0.2) is 6.23 Å². The van der Waals surface area contributed by atoms with Crippen molar-refractivity contribution in [1.29, 1.82) is 0 Å². The number of carbonyl (C=O) groups excluding carboxylic acids is 1. The highest BCUT2D eigenvalue weighted by atomic mass is 16.6. The number of phenolic OH excluding ortho intramolecular Hbond substituents is 1. The van der Waals surface area contributed by atoms with Gasteiger partial charge in [0.2, 0.25) is 0 Å². The number of aliphatic hydroxyl groups is 4. The Morgan fingerprint density at radius 1 is 1.14 bits per heavy atom. The number of aliphatic hydroxyl groups excluding tert-OH is 4. The molecule has 1 aliphatic rings. The van der Waals surface area contributed by atoms with Crippen LogP contribution in [0.1, 0.15) is 10.4 Å². The van der Waals surface area contributed by atoms with E-state index in [9.17, 15) is 25.2 Å². The Hall–Kier alpha value is -1.75. The summed E-state index contributed by atoms with van der Waals surface area (Å²) in [5.41, 5.74) is 4.56. The first kappa shape index (κ1) is 16.6. The van der Waals surface area contributed by atoms with Crippen LogP contribution < -0.4 is 10.9 Å². The zero-order valence-electron chi connectivity index (χ0n) is 11.5. The molecule has 122 valence electrons. The molecular weight excluding hydrogens is 296 g/mol. The number of benzene rings is 1. The summed E-state index contributed by atoms with van der Waals surface area (Å²) in [6.45, 7) is -0.573. The Labute approximate surface area is 125 Å². The van der Waals surface area contributed by atoms with Gasteiger partial charge in [-0.2, -0.15) is 0 Å². The number of amides is 1. The molecule has 0 saturated carbocycles. The van der Waals surface area contributed by atoms with Gasteiger partial charge in [-0.3, -0.25) is 10.2 Å². The van der Waals surface area contributed by atoms with Crippen molar-refractivity contribution >= 4 is 5.91 Å². The number of nitrogens with one attached hydrogen (secondary N) is 2. The summed E-state index contributed by atoms with van der Waals surface area (Å²) in [4.78, 5) is 11.9. The first-order valence-electron chi connectivity index (χ1n) is 6.60.